The smallest absolute Gasteiger partial charge is 0.254 e. The molecule has 4 aromatic rings. The van der Waals surface area contributed by atoms with Gasteiger partial charge in [-0.15, -0.1) is 0 Å². The first-order valence-electron chi connectivity index (χ1n) is 11.2. The minimum atomic E-state index is 0.0619. The van der Waals surface area contributed by atoms with E-state index in [1.165, 1.54) is 11.1 Å². The van der Waals surface area contributed by atoms with Crippen LogP contribution in [0.25, 0.3) is 22.5 Å². The summed E-state index contributed by atoms with van der Waals surface area (Å²) in [7, 11) is 0. The number of amides is 1. The third-order valence-electron chi connectivity index (χ3n) is 6.28. The van der Waals surface area contributed by atoms with Gasteiger partial charge < -0.3 is 14.4 Å². The van der Waals surface area contributed by atoms with Gasteiger partial charge in [-0.05, 0) is 47.9 Å². The van der Waals surface area contributed by atoms with Gasteiger partial charge in [0.2, 0.25) is 0 Å². The molecule has 0 atom stereocenters. The molecule has 2 aliphatic heterocycles. The van der Waals surface area contributed by atoms with Crippen LogP contribution in [-0.4, -0.2) is 40.8 Å². The van der Waals surface area contributed by atoms with E-state index in [2.05, 4.69) is 28.4 Å². The first-order chi connectivity index (χ1) is 16.3. The standard InChI is InChI=1S/C27H23N3O3/c31-27(30-13-12-18-4-1-2-5-21(18)17-30)20-10-8-19(9-11-20)23-16-24(29-28-23)22-6-3-7-25-26(22)33-15-14-32-25/h1-11,16H,12-15,17H2,(H,28,29). The van der Waals surface area contributed by atoms with Crippen molar-refractivity contribution in [1.29, 1.82) is 0 Å². The molecule has 0 spiro atoms. The molecule has 0 radical (unpaired) electrons. The largest absolute Gasteiger partial charge is 0.486 e. The number of rotatable bonds is 3. The van der Waals surface area contributed by atoms with E-state index in [9.17, 15) is 4.79 Å². The molecule has 0 aliphatic carbocycles. The number of nitrogens with zero attached hydrogens (tertiary/aromatic N) is 2. The number of hydrogen-bond donors (Lipinski definition) is 1. The summed E-state index contributed by atoms with van der Waals surface area (Å²) in [5, 5.41) is 7.59. The highest BCUT2D eigenvalue weighted by molar-refractivity contribution is 5.95. The highest BCUT2D eigenvalue weighted by Gasteiger charge is 2.22. The Bertz CT molecular complexity index is 1330. The molecule has 1 amide bonds. The topological polar surface area (TPSA) is 67.5 Å². The van der Waals surface area contributed by atoms with E-state index in [1.807, 2.05) is 59.5 Å². The van der Waals surface area contributed by atoms with Gasteiger partial charge in [-0.2, -0.15) is 5.10 Å². The summed E-state index contributed by atoms with van der Waals surface area (Å²) in [5.41, 5.74) is 6.79. The van der Waals surface area contributed by atoms with E-state index in [4.69, 9.17) is 9.47 Å². The summed E-state index contributed by atoms with van der Waals surface area (Å²) in [6, 6.07) is 23.8. The predicted molar refractivity (Wildman–Crippen MR) is 125 cm³/mol. The van der Waals surface area contributed by atoms with Crippen LogP contribution in [0.2, 0.25) is 0 Å². The third kappa shape index (κ3) is 3.63. The van der Waals surface area contributed by atoms with Crippen LogP contribution in [0.4, 0.5) is 0 Å². The number of H-pyrrole nitrogens is 1. The quantitative estimate of drug-likeness (QED) is 0.504. The second-order valence-electron chi connectivity index (χ2n) is 8.32. The van der Waals surface area contributed by atoms with Gasteiger partial charge in [-0.1, -0.05) is 42.5 Å². The summed E-state index contributed by atoms with van der Waals surface area (Å²) in [5.74, 6) is 1.55. The highest BCUT2D eigenvalue weighted by atomic mass is 16.6. The van der Waals surface area contributed by atoms with Crippen molar-refractivity contribution >= 4 is 5.91 Å². The van der Waals surface area contributed by atoms with Crippen LogP contribution in [-0.2, 0) is 13.0 Å². The van der Waals surface area contributed by atoms with Crippen LogP contribution < -0.4 is 9.47 Å². The number of aromatic amines is 1. The maximum Gasteiger partial charge on any atom is 0.254 e. The Balaban J connectivity index is 1.21. The van der Waals surface area contributed by atoms with Crippen LogP contribution in [0.5, 0.6) is 11.5 Å². The van der Waals surface area contributed by atoms with Gasteiger partial charge in [-0.25, -0.2) is 0 Å². The van der Waals surface area contributed by atoms with Crippen molar-refractivity contribution in [3.8, 4) is 34.0 Å². The third-order valence-corrected chi connectivity index (χ3v) is 6.28. The maximum absolute atomic E-state index is 13.1. The second kappa shape index (κ2) is 8.13. The molecule has 0 saturated heterocycles. The molecule has 0 saturated carbocycles. The Morgan fingerprint density at radius 1 is 0.909 bits per heavy atom. The van der Waals surface area contributed by atoms with Gasteiger partial charge in [0.05, 0.1) is 11.4 Å². The van der Waals surface area contributed by atoms with E-state index >= 15 is 0 Å². The zero-order valence-electron chi connectivity index (χ0n) is 18.1. The lowest BCUT2D eigenvalue weighted by Gasteiger charge is -2.29. The van der Waals surface area contributed by atoms with E-state index in [1.54, 1.807) is 0 Å². The number of hydrogen-bond acceptors (Lipinski definition) is 4. The summed E-state index contributed by atoms with van der Waals surface area (Å²) in [4.78, 5) is 15.0. The number of aromatic nitrogens is 2. The van der Waals surface area contributed by atoms with E-state index in [0.717, 1.165) is 47.0 Å². The van der Waals surface area contributed by atoms with Gasteiger partial charge in [-0.3, -0.25) is 9.89 Å². The highest BCUT2D eigenvalue weighted by Crippen LogP contribution is 2.39. The van der Waals surface area contributed by atoms with Crippen molar-refractivity contribution < 1.29 is 14.3 Å². The Kier molecular flexibility index (Phi) is 4.83. The van der Waals surface area contributed by atoms with Crippen LogP contribution in [0.1, 0.15) is 21.5 Å². The lowest BCUT2D eigenvalue weighted by Crippen LogP contribution is -2.35. The zero-order chi connectivity index (χ0) is 22.2. The van der Waals surface area contributed by atoms with Crippen LogP contribution in [0.3, 0.4) is 0 Å². The normalized spacial score (nSPS) is 14.6. The minimum Gasteiger partial charge on any atom is -0.486 e. The fourth-order valence-corrected chi connectivity index (χ4v) is 4.53. The van der Waals surface area contributed by atoms with Gasteiger partial charge >= 0.3 is 0 Å². The van der Waals surface area contributed by atoms with Crippen molar-refractivity contribution in [3.05, 3.63) is 89.5 Å². The van der Waals surface area contributed by atoms with Gasteiger partial charge in [0.15, 0.2) is 11.5 Å². The summed E-state index contributed by atoms with van der Waals surface area (Å²) < 4.78 is 11.5. The monoisotopic (exact) mass is 437 g/mol. The molecular weight excluding hydrogens is 414 g/mol. The van der Waals surface area contributed by atoms with Crippen LogP contribution >= 0.6 is 0 Å². The lowest BCUT2D eigenvalue weighted by molar-refractivity contribution is 0.0734. The number of nitrogens with one attached hydrogen (secondary N) is 1. The molecule has 0 unspecified atom stereocenters. The molecule has 0 bridgehead atoms. The average Bonchev–Trinajstić information content (AvgIpc) is 3.38. The molecule has 3 heterocycles. The van der Waals surface area contributed by atoms with Gasteiger partial charge in [0.1, 0.15) is 13.2 Å². The van der Waals surface area contributed by atoms with Crippen molar-refractivity contribution in [2.24, 2.45) is 0 Å². The van der Waals surface area contributed by atoms with Crippen molar-refractivity contribution in [1.82, 2.24) is 15.1 Å². The Labute approximate surface area is 191 Å². The lowest BCUT2D eigenvalue weighted by atomic mass is 9.99. The van der Waals surface area contributed by atoms with Crippen molar-refractivity contribution in [2.75, 3.05) is 19.8 Å². The molecule has 33 heavy (non-hydrogen) atoms. The van der Waals surface area contributed by atoms with Crippen molar-refractivity contribution in [3.63, 3.8) is 0 Å². The second-order valence-corrected chi connectivity index (χ2v) is 8.32. The number of carbonyl (C=O) groups excluding carboxylic acids is 1. The molecule has 2 aliphatic rings. The maximum atomic E-state index is 13.1. The minimum absolute atomic E-state index is 0.0619. The van der Waals surface area contributed by atoms with Crippen LogP contribution in [0, 0.1) is 0 Å². The molecule has 0 fully saturated rings. The molecule has 3 aromatic carbocycles. The average molecular weight is 437 g/mol. The van der Waals surface area contributed by atoms with E-state index in [0.29, 0.717) is 25.3 Å². The number of fused-ring (bicyclic) bond motifs is 2. The molecule has 6 rings (SSSR count). The summed E-state index contributed by atoms with van der Waals surface area (Å²) >= 11 is 0. The molecule has 164 valence electrons. The Morgan fingerprint density at radius 3 is 2.61 bits per heavy atom. The molecule has 1 N–H and O–H groups in total. The first kappa shape index (κ1) is 19.6. The van der Waals surface area contributed by atoms with Gasteiger partial charge in [0.25, 0.3) is 5.91 Å². The molecule has 6 heteroatoms. The van der Waals surface area contributed by atoms with E-state index in [-0.39, 0.29) is 5.91 Å². The van der Waals surface area contributed by atoms with Gasteiger partial charge in [0, 0.05) is 29.8 Å². The van der Waals surface area contributed by atoms with Crippen LogP contribution in [0.15, 0.2) is 72.8 Å². The summed E-state index contributed by atoms with van der Waals surface area (Å²) in [6.45, 7) is 2.49. The SMILES string of the molecule is O=C(c1ccc(-c2cc(-c3cccc4c3OCCO4)[nH]n2)cc1)N1CCc2ccccc2C1. The summed E-state index contributed by atoms with van der Waals surface area (Å²) in [6.07, 6.45) is 0.897. The molecular formula is C27H23N3O3. The number of ether oxygens (including phenoxy) is 2. The fraction of sp³-hybridized carbons (Fsp3) is 0.185. The molecule has 6 nitrogen and oxygen atoms in total. The predicted octanol–water partition coefficient (Wildman–Crippen LogP) is 4.71. The Hall–Kier alpha value is -4.06. The number of para-hydroxylation sites is 1. The zero-order valence-corrected chi connectivity index (χ0v) is 18.1. The molecule has 1 aromatic heterocycles. The number of carbonyl (C=O) groups is 1. The first-order valence-corrected chi connectivity index (χ1v) is 11.2. The van der Waals surface area contributed by atoms with Crippen molar-refractivity contribution in [2.45, 2.75) is 13.0 Å². The number of benzene rings is 3. The fourth-order valence-electron chi connectivity index (χ4n) is 4.53. The Morgan fingerprint density at radius 2 is 1.73 bits per heavy atom. The van der Waals surface area contributed by atoms with E-state index < -0.39 is 0 Å².